The third kappa shape index (κ3) is 2.72. The van der Waals surface area contributed by atoms with Gasteiger partial charge in [0.2, 0.25) is 0 Å². The first kappa shape index (κ1) is 13.8. The molecule has 1 fully saturated rings. The highest BCUT2D eigenvalue weighted by Gasteiger charge is 2.32. The molecule has 19 heavy (non-hydrogen) atoms. The summed E-state index contributed by atoms with van der Waals surface area (Å²) in [4.78, 5) is 11.1. The van der Waals surface area contributed by atoms with Crippen molar-refractivity contribution in [2.24, 2.45) is 11.8 Å². The minimum Gasteiger partial charge on any atom is -0.478 e. The van der Waals surface area contributed by atoms with E-state index < -0.39 is 11.8 Å². The highest BCUT2D eigenvalue weighted by Crippen LogP contribution is 2.36. The van der Waals surface area contributed by atoms with Gasteiger partial charge in [0.25, 0.3) is 0 Å². The number of carbonyl (C=O) groups is 1. The Labute approximate surface area is 112 Å². The van der Waals surface area contributed by atoms with E-state index in [4.69, 9.17) is 5.11 Å². The summed E-state index contributed by atoms with van der Waals surface area (Å²) in [6, 6.07) is 4.31. The Kier molecular flexibility index (Phi) is 4.08. The van der Waals surface area contributed by atoms with E-state index in [0.29, 0.717) is 11.8 Å². The molecule has 0 bridgehead atoms. The Morgan fingerprint density at radius 2 is 2.21 bits per heavy atom. The number of aromatic carboxylic acids is 1. The average Bonchev–Trinajstić information content (AvgIpc) is 2.72. The van der Waals surface area contributed by atoms with Crippen LogP contribution in [-0.2, 0) is 0 Å². The molecule has 0 aromatic heterocycles. The molecule has 1 aliphatic carbocycles. The first-order valence-electron chi connectivity index (χ1n) is 6.83. The fourth-order valence-corrected chi connectivity index (χ4v) is 3.06. The van der Waals surface area contributed by atoms with E-state index >= 15 is 0 Å². The van der Waals surface area contributed by atoms with Gasteiger partial charge in [-0.2, -0.15) is 0 Å². The summed E-state index contributed by atoms with van der Waals surface area (Å²) in [5.41, 5.74) is 0.135. The number of para-hydroxylation sites is 1. The molecule has 1 saturated carbocycles. The summed E-state index contributed by atoms with van der Waals surface area (Å²) >= 11 is 0. The van der Waals surface area contributed by atoms with E-state index in [0.717, 1.165) is 19.3 Å². The molecular formula is C15H20FNO2. The second-order valence-corrected chi connectivity index (χ2v) is 5.32. The first-order valence-corrected chi connectivity index (χ1v) is 6.83. The number of carboxylic acid groups (broad SMARTS) is 1. The Balaban J connectivity index is 2.22. The van der Waals surface area contributed by atoms with Gasteiger partial charge >= 0.3 is 5.97 Å². The Morgan fingerprint density at radius 1 is 1.47 bits per heavy atom. The molecule has 1 aromatic rings. The van der Waals surface area contributed by atoms with Crippen molar-refractivity contribution in [3.05, 3.63) is 29.6 Å². The lowest BCUT2D eigenvalue weighted by molar-refractivity contribution is 0.0697. The van der Waals surface area contributed by atoms with Gasteiger partial charge < -0.3 is 10.4 Å². The highest BCUT2D eigenvalue weighted by atomic mass is 19.1. The van der Waals surface area contributed by atoms with E-state index in [1.165, 1.54) is 18.2 Å². The Hall–Kier alpha value is -1.58. The van der Waals surface area contributed by atoms with Gasteiger partial charge in [-0.05, 0) is 36.8 Å². The summed E-state index contributed by atoms with van der Waals surface area (Å²) in [6.07, 6.45) is 3.20. The van der Waals surface area contributed by atoms with Crippen LogP contribution in [0.15, 0.2) is 18.2 Å². The van der Waals surface area contributed by atoms with Gasteiger partial charge in [-0.1, -0.05) is 26.3 Å². The lowest BCUT2D eigenvalue weighted by Crippen LogP contribution is -2.26. The summed E-state index contributed by atoms with van der Waals surface area (Å²) < 4.78 is 13.8. The summed E-state index contributed by atoms with van der Waals surface area (Å²) in [5, 5.41) is 12.2. The SMILES string of the molecule is CCC1CCC(Nc2c(F)cccc2C(=O)O)C1C. The molecule has 0 heterocycles. The van der Waals surface area contributed by atoms with Gasteiger partial charge in [-0.15, -0.1) is 0 Å². The van der Waals surface area contributed by atoms with Crippen LogP contribution in [0.1, 0.15) is 43.5 Å². The smallest absolute Gasteiger partial charge is 0.337 e. The summed E-state index contributed by atoms with van der Waals surface area (Å²) in [7, 11) is 0. The van der Waals surface area contributed by atoms with Crippen LogP contribution in [0, 0.1) is 17.7 Å². The van der Waals surface area contributed by atoms with Crippen LogP contribution < -0.4 is 5.32 Å². The second kappa shape index (κ2) is 5.59. The Morgan fingerprint density at radius 3 is 2.79 bits per heavy atom. The second-order valence-electron chi connectivity index (χ2n) is 5.32. The monoisotopic (exact) mass is 265 g/mol. The fraction of sp³-hybridized carbons (Fsp3) is 0.533. The normalized spacial score (nSPS) is 26.4. The lowest BCUT2D eigenvalue weighted by Gasteiger charge is -2.23. The molecular weight excluding hydrogens is 245 g/mol. The third-order valence-corrected chi connectivity index (χ3v) is 4.32. The predicted octanol–water partition coefficient (Wildman–Crippen LogP) is 3.76. The fourth-order valence-electron chi connectivity index (χ4n) is 3.06. The van der Waals surface area contributed by atoms with Gasteiger partial charge in [-0.3, -0.25) is 0 Å². The molecule has 0 aliphatic heterocycles. The number of hydrogen-bond donors (Lipinski definition) is 2. The van der Waals surface area contributed by atoms with Crippen LogP contribution in [-0.4, -0.2) is 17.1 Å². The Bertz CT molecular complexity index is 475. The molecule has 0 amide bonds. The van der Waals surface area contributed by atoms with Crippen LogP contribution in [0.5, 0.6) is 0 Å². The van der Waals surface area contributed by atoms with Crippen LogP contribution in [0.4, 0.5) is 10.1 Å². The van der Waals surface area contributed by atoms with Crippen molar-refractivity contribution in [1.29, 1.82) is 0 Å². The zero-order chi connectivity index (χ0) is 14.0. The largest absolute Gasteiger partial charge is 0.478 e. The molecule has 3 atom stereocenters. The van der Waals surface area contributed by atoms with Crippen molar-refractivity contribution in [2.45, 2.75) is 39.2 Å². The molecule has 0 radical (unpaired) electrons. The van der Waals surface area contributed by atoms with Crippen molar-refractivity contribution in [1.82, 2.24) is 0 Å². The first-order chi connectivity index (χ1) is 9.04. The molecule has 104 valence electrons. The van der Waals surface area contributed by atoms with Crippen molar-refractivity contribution in [2.75, 3.05) is 5.32 Å². The quantitative estimate of drug-likeness (QED) is 0.871. The molecule has 2 N–H and O–H groups in total. The van der Waals surface area contributed by atoms with Gasteiger partial charge in [0.05, 0.1) is 11.3 Å². The van der Waals surface area contributed by atoms with Crippen molar-refractivity contribution < 1.29 is 14.3 Å². The summed E-state index contributed by atoms with van der Waals surface area (Å²) in [6.45, 7) is 4.31. The maximum Gasteiger partial charge on any atom is 0.337 e. The van der Waals surface area contributed by atoms with Gasteiger partial charge in [0.1, 0.15) is 5.82 Å². The maximum absolute atomic E-state index is 13.8. The van der Waals surface area contributed by atoms with E-state index in [1.807, 2.05) is 0 Å². The van der Waals surface area contributed by atoms with Crippen molar-refractivity contribution >= 4 is 11.7 Å². The molecule has 0 saturated heterocycles. The lowest BCUT2D eigenvalue weighted by atomic mass is 9.93. The number of anilines is 1. The third-order valence-electron chi connectivity index (χ3n) is 4.32. The topological polar surface area (TPSA) is 49.3 Å². The van der Waals surface area contributed by atoms with E-state index in [-0.39, 0.29) is 17.3 Å². The van der Waals surface area contributed by atoms with Crippen LogP contribution >= 0.6 is 0 Å². The van der Waals surface area contributed by atoms with E-state index in [9.17, 15) is 9.18 Å². The number of benzene rings is 1. The zero-order valence-corrected chi connectivity index (χ0v) is 11.3. The predicted molar refractivity (Wildman–Crippen MR) is 72.9 cm³/mol. The van der Waals surface area contributed by atoms with Gasteiger partial charge in [0, 0.05) is 6.04 Å². The number of nitrogens with one attached hydrogen (secondary N) is 1. The average molecular weight is 265 g/mol. The maximum atomic E-state index is 13.8. The number of halogens is 1. The van der Waals surface area contributed by atoms with Gasteiger partial charge in [-0.25, -0.2) is 9.18 Å². The standard InChI is InChI=1S/C15H20FNO2/c1-3-10-7-8-13(9(10)2)17-14-11(15(18)19)5-4-6-12(14)16/h4-6,9-10,13,17H,3,7-8H2,1-2H3,(H,18,19). The molecule has 0 spiro atoms. The van der Waals surface area contributed by atoms with Crippen LogP contribution in [0.2, 0.25) is 0 Å². The number of rotatable bonds is 4. The van der Waals surface area contributed by atoms with Crippen LogP contribution in [0.25, 0.3) is 0 Å². The number of carboxylic acids is 1. The van der Waals surface area contributed by atoms with E-state index in [2.05, 4.69) is 19.2 Å². The van der Waals surface area contributed by atoms with Gasteiger partial charge in [0.15, 0.2) is 0 Å². The highest BCUT2D eigenvalue weighted by molar-refractivity contribution is 5.94. The summed E-state index contributed by atoms with van der Waals surface area (Å²) in [5.74, 6) is -0.518. The zero-order valence-electron chi connectivity index (χ0n) is 11.3. The molecule has 3 unspecified atom stereocenters. The van der Waals surface area contributed by atoms with Crippen LogP contribution in [0.3, 0.4) is 0 Å². The van der Waals surface area contributed by atoms with Crippen molar-refractivity contribution in [3.8, 4) is 0 Å². The molecule has 1 aromatic carbocycles. The number of hydrogen-bond acceptors (Lipinski definition) is 2. The van der Waals surface area contributed by atoms with Crippen molar-refractivity contribution in [3.63, 3.8) is 0 Å². The van der Waals surface area contributed by atoms with E-state index in [1.54, 1.807) is 0 Å². The molecule has 1 aliphatic rings. The molecule has 2 rings (SSSR count). The minimum atomic E-state index is -1.10. The minimum absolute atomic E-state index is 0.00662. The molecule has 4 heteroatoms. The molecule has 3 nitrogen and oxygen atoms in total.